The number of rotatable bonds is 4. The number of nitrogens with zero attached hydrogens (tertiary/aromatic N) is 1. The average molecular weight is 458 g/mol. The Balaban J connectivity index is 1.56. The molecule has 1 saturated carbocycles. The Hall–Kier alpha value is -2.62. The van der Waals surface area contributed by atoms with Gasteiger partial charge in [0.05, 0.1) is 12.5 Å². The average Bonchev–Trinajstić information content (AvgIpc) is 3.26. The van der Waals surface area contributed by atoms with Crippen LogP contribution in [0, 0.1) is 11.3 Å². The third-order valence-electron chi connectivity index (χ3n) is 8.56. The lowest BCUT2D eigenvalue weighted by Gasteiger charge is -2.59. The molecule has 0 radical (unpaired) electrons. The van der Waals surface area contributed by atoms with Gasteiger partial charge in [0.15, 0.2) is 0 Å². The van der Waals surface area contributed by atoms with Crippen LogP contribution in [-0.2, 0) is 21.5 Å². The molecule has 4 aliphatic rings. The number of methoxy groups -OCH3 is 1. The summed E-state index contributed by atoms with van der Waals surface area (Å²) in [7, 11) is 1.55. The van der Waals surface area contributed by atoms with E-state index in [0.717, 1.165) is 37.5 Å². The van der Waals surface area contributed by atoms with Crippen molar-refractivity contribution in [1.82, 2.24) is 4.90 Å². The molecule has 1 heterocycles. The predicted octanol–water partition coefficient (Wildman–Crippen LogP) is 5.81. The van der Waals surface area contributed by atoms with Crippen molar-refractivity contribution in [3.05, 3.63) is 106 Å². The van der Waals surface area contributed by atoms with Crippen LogP contribution in [0.25, 0.3) is 0 Å². The molecule has 0 spiro atoms. The number of hydrogen-bond acceptors (Lipinski definition) is 3. The molecule has 4 heteroatoms. The largest absolute Gasteiger partial charge is 0.469 e. The summed E-state index contributed by atoms with van der Waals surface area (Å²) < 4.78 is 5.57. The summed E-state index contributed by atoms with van der Waals surface area (Å²) in [4.78, 5) is 16.2. The molecule has 1 saturated heterocycles. The minimum atomic E-state index is -0.557. The normalized spacial score (nSPS) is 30.0. The highest BCUT2D eigenvalue weighted by Crippen LogP contribution is 2.69. The minimum Gasteiger partial charge on any atom is -0.469 e. The zero-order valence-corrected chi connectivity index (χ0v) is 19.6. The lowest BCUT2D eigenvalue weighted by atomic mass is 9.42. The fraction of sp³-hybridized carbons (Fsp3) is 0.345. The Morgan fingerprint density at radius 3 is 2.64 bits per heavy atom. The molecule has 0 aromatic heterocycles. The molecule has 3 aromatic carbocycles. The summed E-state index contributed by atoms with van der Waals surface area (Å²) in [6.45, 7) is 2.42. The molecule has 3 nitrogen and oxygen atoms in total. The summed E-state index contributed by atoms with van der Waals surface area (Å²) in [5.41, 5.74) is 4.37. The van der Waals surface area contributed by atoms with Crippen LogP contribution >= 0.6 is 11.6 Å². The fourth-order valence-corrected chi connectivity index (χ4v) is 7.64. The zero-order valence-electron chi connectivity index (χ0n) is 18.8. The standard InChI is InChI=1S/C29H28ClNO2/c1-33-27(32)29-19-31(17-20-8-3-2-4-9-20)18-26(29)28(21-10-7-11-22(30)16-21)15-14-25(29)23-12-5-6-13-24(23)28/h2-13,16,25-26H,14-15,17-19H2,1H3. The van der Waals surface area contributed by atoms with E-state index in [-0.39, 0.29) is 23.2 Å². The summed E-state index contributed by atoms with van der Waals surface area (Å²) in [5.74, 6) is 0.245. The molecule has 7 rings (SSSR count). The van der Waals surface area contributed by atoms with E-state index in [1.165, 1.54) is 22.3 Å². The van der Waals surface area contributed by atoms with E-state index in [1.54, 1.807) is 7.11 Å². The SMILES string of the molecule is COC(=O)C12CN(Cc3ccccc3)CC1C1(c3cccc(Cl)c3)CCC2c2ccccc21. The van der Waals surface area contributed by atoms with E-state index in [0.29, 0.717) is 0 Å². The molecular formula is C29H28ClNO2. The van der Waals surface area contributed by atoms with E-state index < -0.39 is 5.41 Å². The van der Waals surface area contributed by atoms with E-state index in [2.05, 4.69) is 65.6 Å². The maximum Gasteiger partial charge on any atom is 0.314 e. The van der Waals surface area contributed by atoms with Crippen LogP contribution < -0.4 is 0 Å². The highest BCUT2D eigenvalue weighted by atomic mass is 35.5. The molecule has 33 heavy (non-hydrogen) atoms. The topological polar surface area (TPSA) is 29.5 Å². The van der Waals surface area contributed by atoms with Crippen molar-refractivity contribution in [2.75, 3.05) is 20.2 Å². The van der Waals surface area contributed by atoms with Crippen molar-refractivity contribution >= 4 is 17.6 Å². The predicted molar refractivity (Wildman–Crippen MR) is 130 cm³/mol. The van der Waals surface area contributed by atoms with Crippen molar-refractivity contribution in [2.45, 2.75) is 30.7 Å². The maximum atomic E-state index is 13.7. The van der Waals surface area contributed by atoms with Crippen molar-refractivity contribution in [1.29, 1.82) is 0 Å². The van der Waals surface area contributed by atoms with Gasteiger partial charge < -0.3 is 4.74 Å². The van der Waals surface area contributed by atoms with E-state index in [1.807, 2.05) is 18.2 Å². The Labute approximate surface area is 200 Å². The molecule has 3 aliphatic carbocycles. The first kappa shape index (κ1) is 20.9. The van der Waals surface area contributed by atoms with Crippen molar-refractivity contribution < 1.29 is 9.53 Å². The Morgan fingerprint density at radius 1 is 1.06 bits per heavy atom. The molecule has 168 valence electrons. The van der Waals surface area contributed by atoms with Crippen LogP contribution in [0.5, 0.6) is 0 Å². The smallest absolute Gasteiger partial charge is 0.314 e. The van der Waals surface area contributed by atoms with E-state index in [9.17, 15) is 4.79 Å². The number of carbonyl (C=O) groups excluding carboxylic acids is 1. The monoisotopic (exact) mass is 457 g/mol. The van der Waals surface area contributed by atoms with Crippen LogP contribution in [-0.4, -0.2) is 31.1 Å². The molecule has 0 amide bonds. The number of likely N-dealkylation sites (tertiary alicyclic amines) is 1. The number of fused-ring (bicyclic) bond motifs is 1. The van der Waals surface area contributed by atoms with Gasteiger partial charge in [-0.3, -0.25) is 9.69 Å². The van der Waals surface area contributed by atoms with Crippen LogP contribution in [0.1, 0.15) is 41.0 Å². The van der Waals surface area contributed by atoms with Gasteiger partial charge in [-0.2, -0.15) is 0 Å². The minimum absolute atomic E-state index is 0.0614. The second-order valence-electron chi connectivity index (χ2n) is 9.90. The number of halogens is 1. The summed E-state index contributed by atoms with van der Waals surface area (Å²) in [6, 6.07) is 27.6. The second-order valence-corrected chi connectivity index (χ2v) is 10.3. The first-order valence-electron chi connectivity index (χ1n) is 11.8. The molecule has 4 atom stereocenters. The van der Waals surface area contributed by atoms with Gasteiger partial charge in [0, 0.05) is 41.9 Å². The second kappa shape index (κ2) is 7.72. The Morgan fingerprint density at radius 2 is 1.85 bits per heavy atom. The summed E-state index contributed by atoms with van der Waals surface area (Å²) >= 11 is 6.52. The van der Waals surface area contributed by atoms with Crippen LogP contribution in [0.15, 0.2) is 78.9 Å². The van der Waals surface area contributed by atoms with Crippen LogP contribution in [0.3, 0.4) is 0 Å². The van der Waals surface area contributed by atoms with Gasteiger partial charge in [0.2, 0.25) is 0 Å². The number of carbonyl (C=O) groups is 1. The lowest BCUT2D eigenvalue weighted by molar-refractivity contribution is -0.161. The zero-order chi connectivity index (χ0) is 22.6. The number of benzene rings is 3. The lowest BCUT2D eigenvalue weighted by Crippen LogP contribution is -2.60. The first-order valence-corrected chi connectivity index (χ1v) is 12.2. The van der Waals surface area contributed by atoms with Crippen LogP contribution in [0.4, 0.5) is 0 Å². The number of ether oxygens (including phenoxy) is 1. The summed E-state index contributed by atoms with van der Waals surface area (Å²) in [5, 5.41) is 0.745. The number of hydrogen-bond donors (Lipinski definition) is 0. The maximum absolute atomic E-state index is 13.7. The fourth-order valence-electron chi connectivity index (χ4n) is 7.45. The van der Waals surface area contributed by atoms with E-state index >= 15 is 0 Å². The van der Waals surface area contributed by atoms with Gasteiger partial charge in [-0.1, -0.05) is 78.3 Å². The molecular weight excluding hydrogens is 430 g/mol. The molecule has 4 unspecified atom stereocenters. The van der Waals surface area contributed by atoms with Gasteiger partial charge in [0.25, 0.3) is 0 Å². The van der Waals surface area contributed by atoms with E-state index in [4.69, 9.17) is 16.3 Å². The van der Waals surface area contributed by atoms with Gasteiger partial charge >= 0.3 is 5.97 Å². The number of esters is 1. The highest BCUT2D eigenvalue weighted by Gasteiger charge is 2.70. The van der Waals surface area contributed by atoms with Gasteiger partial charge in [0.1, 0.15) is 0 Å². The molecule has 1 aliphatic heterocycles. The van der Waals surface area contributed by atoms with Gasteiger partial charge in [-0.15, -0.1) is 0 Å². The van der Waals surface area contributed by atoms with Gasteiger partial charge in [-0.05, 0) is 47.2 Å². The first-order chi connectivity index (χ1) is 16.1. The molecule has 2 fully saturated rings. The summed E-state index contributed by atoms with van der Waals surface area (Å²) in [6.07, 6.45) is 2.01. The Bertz CT molecular complexity index is 1210. The molecule has 2 bridgehead atoms. The third kappa shape index (κ3) is 2.88. The molecule has 0 N–H and O–H groups in total. The van der Waals surface area contributed by atoms with Crippen molar-refractivity contribution in [2.24, 2.45) is 11.3 Å². The third-order valence-corrected chi connectivity index (χ3v) is 8.80. The van der Waals surface area contributed by atoms with Crippen molar-refractivity contribution in [3.8, 4) is 0 Å². The van der Waals surface area contributed by atoms with Gasteiger partial charge in [-0.25, -0.2) is 0 Å². The molecule has 3 aromatic rings. The Kier molecular flexibility index (Phi) is 4.90. The van der Waals surface area contributed by atoms with Crippen LogP contribution in [0.2, 0.25) is 5.02 Å². The quantitative estimate of drug-likeness (QED) is 0.463. The highest BCUT2D eigenvalue weighted by molar-refractivity contribution is 6.30. The van der Waals surface area contributed by atoms with Crippen molar-refractivity contribution in [3.63, 3.8) is 0 Å².